The van der Waals surface area contributed by atoms with E-state index in [0.29, 0.717) is 11.8 Å². The molecule has 2 nitrogen and oxygen atoms in total. The minimum absolute atomic E-state index is 0.0696. The fraction of sp³-hybridized carbons (Fsp3) is 0.224. The molecule has 51 heavy (non-hydrogen) atoms. The van der Waals surface area contributed by atoms with E-state index >= 15 is 0 Å². The van der Waals surface area contributed by atoms with Crippen LogP contribution in [-0.2, 0) is 10.8 Å². The van der Waals surface area contributed by atoms with Crippen LogP contribution in [0.15, 0.2) is 151 Å². The maximum Gasteiger partial charge on any atom is 0.0973 e. The van der Waals surface area contributed by atoms with Gasteiger partial charge in [-0.2, -0.15) is 0 Å². The maximum atomic E-state index is 5.61. The molecule has 0 saturated heterocycles. The van der Waals surface area contributed by atoms with Gasteiger partial charge in [-0.25, -0.2) is 9.97 Å². The Balaban J connectivity index is 1.21. The number of hydrogen-bond donors (Lipinski definition) is 0. The van der Waals surface area contributed by atoms with E-state index in [1.165, 1.54) is 59.9 Å². The molecule has 1 spiro atoms. The van der Waals surface area contributed by atoms with Crippen LogP contribution in [0.4, 0.5) is 0 Å². The summed E-state index contributed by atoms with van der Waals surface area (Å²) in [5.74, 6) is 0.857. The van der Waals surface area contributed by atoms with Crippen LogP contribution in [-0.4, -0.2) is 9.97 Å². The SMILES string of the molecule is CC1(C)c2ccccc2C2C=C3C(=CC21)c1cc(-c2nc(-c4ccccc4)c(-c4ccccc4)nc2-c2ccccc2)ccc1C31CCCCC1. The van der Waals surface area contributed by atoms with Crippen LogP contribution in [0.3, 0.4) is 0 Å². The van der Waals surface area contributed by atoms with Crippen molar-refractivity contribution < 1.29 is 0 Å². The standard InChI is InChI=1S/C49H42N2/c1-48(2)40-24-14-13-23-36(40)38-31-43-39(30-42(38)48)37-29-35(25-26-41(37)49(43)27-15-6-16-28-49)47-46(34-21-11-5-12-22-34)50-44(32-17-7-3-8-18-32)45(51-47)33-19-9-4-10-20-33/h3-5,7-14,17-26,29-31,38,42H,6,15-16,27-28H2,1-2H3. The van der Waals surface area contributed by atoms with Crippen molar-refractivity contribution in [2.24, 2.45) is 5.92 Å². The molecule has 10 rings (SSSR count). The normalized spacial score (nSPS) is 20.5. The van der Waals surface area contributed by atoms with Gasteiger partial charge >= 0.3 is 0 Å². The fourth-order valence-electron chi connectivity index (χ4n) is 10.1. The molecular weight excluding hydrogens is 617 g/mol. The van der Waals surface area contributed by atoms with Gasteiger partial charge in [0.1, 0.15) is 0 Å². The van der Waals surface area contributed by atoms with Gasteiger partial charge in [-0.15, -0.1) is 0 Å². The summed E-state index contributed by atoms with van der Waals surface area (Å²) < 4.78 is 0. The average Bonchev–Trinajstić information content (AvgIpc) is 3.58. The molecule has 0 amide bonds. The second-order valence-electron chi connectivity index (χ2n) is 15.6. The number of allylic oxidation sites excluding steroid dienone is 4. The van der Waals surface area contributed by atoms with Crippen LogP contribution in [0, 0.1) is 5.92 Å². The zero-order valence-corrected chi connectivity index (χ0v) is 29.4. The predicted octanol–water partition coefficient (Wildman–Crippen LogP) is 12.4. The van der Waals surface area contributed by atoms with E-state index in [2.05, 4.69) is 159 Å². The molecule has 1 heterocycles. The zero-order chi connectivity index (χ0) is 34.2. The Morgan fingerprint density at radius 2 is 1.04 bits per heavy atom. The minimum Gasteiger partial charge on any atom is -0.243 e. The van der Waals surface area contributed by atoms with Crippen LogP contribution in [0.25, 0.3) is 50.6 Å². The van der Waals surface area contributed by atoms with E-state index in [9.17, 15) is 0 Å². The first kappa shape index (κ1) is 30.5. The molecule has 1 saturated carbocycles. The highest BCUT2D eigenvalue weighted by Crippen LogP contribution is 2.63. The Morgan fingerprint density at radius 1 is 0.510 bits per heavy atom. The summed E-state index contributed by atoms with van der Waals surface area (Å²) >= 11 is 0. The van der Waals surface area contributed by atoms with Crippen molar-refractivity contribution in [3.05, 3.63) is 173 Å². The molecule has 2 unspecified atom stereocenters. The van der Waals surface area contributed by atoms with Crippen LogP contribution in [0.2, 0.25) is 0 Å². The number of hydrogen-bond acceptors (Lipinski definition) is 2. The summed E-state index contributed by atoms with van der Waals surface area (Å²) in [4.78, 5) is 11.1. The van der Waals surface area contributed by atoms with Crippen molar-refractivity contribution in [1.29, 1.82) is 0 Å². The number of rotatable bonds is 4. The highest BCUT2D eigenvalue weighted by Gasteiger charge is 2.52. The van der Waals surface area contributed by atoms with Gasteiger partial charge in [0, 0.05) is 33.6 Å². The van der Waals surface area contributed by atoms with E-state index in [4.69, 9.17) is 9.97 Å². The summed E-state index contributed by atoms with van der Waals surface area (Å²) in [5.41, 5.74) is 17.2. The predicted molar refractivity (Wildman–Crippen MR) is 210 cm³/mol. The van der Waals surface area contributed by atoms with Gasteiger partial charge in [0.05, 0.1) is 22.8 Å². The molecule has 2 heteroatoms. The molecule has 0 bridgehead atoms. The van der Waals surface area contributed by atoms with Crippen molar-refractivity contribution in [2.75, 3.05) is 0 Å². The van der Waals surface area contributed by atoms with Crippen molar-refractivity contribution in [1.82, 2.24) is 9.97 Å². The first-order valence-corrected chi connectivity index (χ1v) is 18.8. The van der Waals surface area contributed by atoms with Gasteiger partial charge in [-0.3, -0.25) is 0 Å². The van der Waals surface area contributed by atoms with E-state index in [0.717, 1.165) is 45.0 Å². The Morgan fingerprint density at radius 3 is 1.63 bits per heavy atom. The monoisotopic (exact) mass is 658 g/mol. The molecular formula is C49H42N2. The smallest absolute Gasteiger partial charge is 0.0973 e. The van der Waals surface area contributed by atoms with Crippen LogP contribution < -0.4 is 0 Å². The zero-order valence-electron chi connectivity index (χ0n) is 29.4. The van der Waals surface area contributed by atoms with E-state index in [1.807, 2.05) is 0 Å². The van der Waals surface area contributed by atoms with Gasteiger partial charge < -0.3 is 0 Å². The molecule has 6 aromatic rings. The van der Waals surface area contributed by atoms with Crippen LogP contribution >= 0.6 is 0 Å². The van der Waals surface area contributed by atoms with Crippen LogP contribution in [0.5, 0.6) is 0 Å². The lowest BCUT2D eigenvalue weighted by molar-refractivity contribution is 0.345. The average molecular weight is 659 g/mol. The summed E-state index contributed by atoms with van der Waals surface area (Å²) in [6, 6.07) is 48.2. The van der Waals surface area contributed by atoms with E-state index in [1.54, 1.807) is 5.57 Å². The molecule has 0 radical (unpaired) electrons. The Kier molecular flexibility index (Phi) is 6.93. The van der Waals surface area contributed by atoms with Gasteiger partial charge in [0.25, 0.3) is 0 Å². The third-order valence-electron chi connectivity index (χ3n) is 12.6. The van der Waals surface area contributed by atoms with Crippen molar-refractivity contribution in [3.8, 4) is 45.0 Å². The molecule has 248 valence electrons. The lowest BCUT2D eigenvalue weighted by Gasteiger charge is -2.39. The quantitative estimate of drug-likeness (QED) is 0.188. The van der Waals surface area contributed by atoms with Crippen molar-refractivity contribution in [2.45, 2.75) is 62.7 Å². The van der Waals surface area contributed by atoms with Gasteiger partial charge in [-0.05, 0) is 63.6 Å². The fourth-order valence-corrected chi connectivity index (χ4v) is 10.1. The van der Waals surface area contributed by atoms with Crippen molar-refractivity contribution in [3.63, 3.8) is 0 Å². The number of nitrogens with zero attached hydrogens (tertiary/aromatic N) is 2. The maximum absolute atomic E-state index is 5.61. The topological polar surface area (TPSA) is 25.8 Å². The number of aromatic nitrogens is 2. The molecule has 5 aromatic carbocycles. The van der Waals surface area contributed by atoms with Gasteiger partial charge in [-0.1, -0.05) is 173 Å². The van der Waals surface area contributed by atoms with Gasteiger partial charge in [0.15, 0.2) is 0 Å². The van der Waals surface area contributed by atoms with E-state index in [-0.39, 0.29) is 10.8 Å². The number of benzene rings is 5. The van der Waals surface area contributed by atoms with Gasteiger partial charge in [0.2, 0.25) is 0 Å². The Hall–Kier alpha value is -5.34. The molecule has 2 atom stereocenters. The van der Waals surface area contributed by atoms with Crippen LogP contribution in [0.1, 0.15) is 74.1 Å². The molecule has 1 fully saturated rings. The minimum atomic E-state index is 0.0696. The Labute approximate surface area is 301 Å². The molecule has 0 N–H and O–H groups in total. The molecule has 4 aliphatic rings. The first-order chi connectivity index (χ1) is 25.0. The van der Waals surface area contributed by atoms with Crippen molar-refractivity contribution >= 4 is 5.57 Å². The summed E-state index contributed by atoms with van der Waals surface area (Å²) in [6.45, 7) is 4.91. The molecule has 0 aliphatic heterocycles. The summed E-state index contributed by atoms with van der Waals surface area (Å²) in [6.07, 6.45) is 11.8. The lowest BCUT2D eigenvalue weighted by atomic mass is 9.64. The summed E-state index contributed by atoms with van der Waals surface area (Å²) in [5, 5.41) is 0. The second-order valence-corrected chi connectivity index (χ2v) is 15.6. The molecule has 1 aromatic heterocycles. The highest BCUT2D eigenvalue weighted by atomic mass is 14.9. The third kappa shape index (κ3) is 4.62. The lowest BCUT2D eigenvalue weighted by Crippen LogP contribution is -2.31. The Bertz CT molecular complexity index is 2360. The summed E-state index contributed by atoms with van der Waals surface area (Å²) in [7, 11) is 0. The second kappa shape index (κ2) is 11.6. The first-order valence-electron chi connectivity index (χ1n) is 18.8. The number of fused-ring (bicyclic) bond motifs is 8. The molecule has 4 aliphatic carbocycles. The third-order valence-corrected chi connectivity index (χ3v) is 12.6. The highest BCUT2D eigenvalue weighted by molar-refractivity contribution is 5.95. The largest absolute Gasteiger partial charge is 0.243 e. The van der Waals surface area contributed by atoms with E-state index < -0.39 is 0 Å².